The number of benzene rings is 1. The van der Waals surface area contributed by atoms with Gasteiger partial charge in [0.15, 0.2) is 5.58 Å². The van der Waals surface area contributed by atoms with Gasteiger partial charge in [-0.25, -0.2) is 0 Å². The van der Waals surface area contributed by atoms with E-state index >= 15 is 0 Å². The fourth-order valence-corrected chi connectivity index (χ4v) is 2.83. The molecule has 3 aromatic rings. The molecule has 0 fully saturated rings. The molecule has 0 bridgehead atoms. The highest BCUT2D eigenvalue weighted by molar-refractivity contribution is 7.26. The summed E-state index contributed by atoms with van der Waals surface area (Å²) >= 11 is 1.50. The number of nitrogen functional groups attached to an aromatic ring is 1. The van der Waals surface area contributed by atoms with Crippen LogP contribution in [0.2, 0.25) is 0 Å². The van der Waals surface area contributed by atoms with Gasteiger partial charge in [-0.2, -0.15) is 0 Å². The molecule has 16 heavy (non-hydrogen) atoms. The van der Waals surface area contributed by atoms with Crippen molar-refractivity contribution in [3.05, 3.63) is 30.0 Å². The molecule has 4 nitrogen and oxygen atoms in total. The average Bonchev–Trinajstić information content (AvgIpc) is 2.76. The summed E-state index contributed by atoms with van der Waals surface area (Å²) in [6.07, 6.45) is 0. The maximum atomic E-state index is 11.1. The van der Waals surface area contributed by atoms with E-state index < -0.39 is 5.91 Å². The molecule has 0 aliphatic rings. The Morgan fingerprint density at radius 1 is 1.31 bits per heavy atom. The van der Waals surface area contributed by atoms with E-state index in [9.17, 15) is 4.79 Å². The Balaban J connectivity index is 2.48. The van der Waals surface area contributed by atoms with Crippen LogP contribution in [-0.2, 0) is 0 Å². The number of anilines is 1. The first-order valence-corrected chi connectivity index (χ1v) is 5.49. The van der Waals surface area contributed by atoms with Gasteiger partial charge >= 0.3 is 0 Å². The summed E-state index contributed by atoms with van der Waals surface area (Å²) in [4.78, 5) is 11.1. The largest absolute Gasteiger partial charge is 0.447 e. The molecule has 2 heterocycles. The van der Waals surface area contributed by atoms with Crippen molar-refractivity contribution in [1.29, 1.82) is 0 Å². The second-order valence-corrected chi connectivity index (χ2v) is 4.52. The lowest BCUT2D eigenvalue weighted by molar-refractivity contribution is 0.0977. The molecule has 0 saturated carbocycles. The molecule has 80 valence electrons. The molecule has 3 rings (SSSR count). The topological polar surface area (TPSA) is 82.2 Å². The van der Waals surface area contributed by atoms with Crippen molar-refractivity contribution in [2.45, 2.75) is 0 Å². The van der Waals surface area contributed by atoms with Crippen molar-refractivity contribution in [3.8, 4) is 0 Å². The van der Waals surface area contributed by atoms with E-state index in [0.717, 1.165) is 14.8 Å². The summed E-state index contributed by atoms with van der Waals surface area (Å²) < 4.78 is 7.29. The van der Waals surface area contributed by atoms with Crippen LogP contribution in [-0.4, -0.2) is 5.91 Å². The number of primary amides is 1. The first-order chi connectivity index (χ1) is 7.68. The van der Waals surface area contributed by atoms with Gasteiger partial charge in [-0.05, 0) is 12.1 Å². The van der Waals surface area contributed by atoms with Crippen LogP contribution in [0.1, 0.15) is 10.6 Å². The number of thiophene rings is 1. The minimum Gasteiger partial charge on any atom is -0.447 e. The van der Waals surface area contributed by atoms with E-state index in [0.29, 0.717) is 11.3 Å². The molecule has 0 aliphatic carbocycles. The predicted octanol–water partition coefficient (Wildman–Crippen LogP) is 2.33. The number of nitrogens with two attached hydrogens (primary N) is 2. The molecule has 0 spiro atoms. The van der Waals surface area contributed by atoms with E-state index in [4.69, 9.17) is 15.9 Å². The zero-order valence-corrected chi connectivity index (χ0v) is 9.01. The Morgan fingerprint density at radius 3 is 2.81 bits per heavy atom. The summed E-state index contributed by atoms with van der Waals surface area (Å²) in [6.45, 7) is 0. The maximum absolute atomic E-state index is 11.1. The van der Waals surface area contributed by atoms with Gasteiger partial charge in [0, 0.05) is 10.1 Å². The van der Waals surface area contributed by atoms with Crippen LogP contribution in [0, 0.1) is 0 Å². The molecular weight excluding hydrogens is 224 g/mol. The molecule has 0 aliphatic heterocycles. The Kier molecular flexibility index (Phi) is 1.73. The maximum Gasteiger partial charge on any atom is 0.286 e. The number of hydrogen-bond acceptors (Lipinski definition) is 4. The highest BCUT2D eigenvalue weighted by Gasteiger charge is 2.19. The highest BCUT2D eigenvalue weighted by atomic mass is 32.1. The third-order valence-corrected chi connectivity index (χ3v) is 3.65. The third-order valence-electron chi connectivity index (χ3n) is 2.47. The number of carbonyl (C=O) groups is 1. The Hall–Kier alpha value is -2.01. The molecule has 0 unspecified atom stereocenters. The van der Waals surface area contributed by atoms with Crippen molar-refractivity contribution >= 4 is 43.3 Å². The van der Waals surface area contributed by atoms with Crippen LogP contribution < -0.4 is 11.5 Å². The number of furan rings is 1. The van der Waals surface area contributed by atoms with Gasteiger partial charge in [0.2, 0.25) is 5.76 Å². The van der Waals surface area contributed by atoms with Gasteiger partial charge < -0.3 is 15.9 Å². The monoisotopic (exact) mass is 232 g/mol. The fourth-order valence-electron chi connectivity index (χ4n) is 1.74. The minimum absolute atomic E-state index is 0.0482. The molecule has 0 saturated heterocycles. The number of hydrogen-bond donors (Lipinski definition) is 2. The lowest BCUT2D eigenvalue weighted by atomic mass is 10.2. The molecule has 0 atom stereocenters. The number of amides is 1. The molecule has 2 aromatic heterocycles. The van der Waals surface area contributed by atoms with Crippen molar-refractivity contribution < 1.29 is 9.21 Å². The van der Waals surface area contributed by atoms with Crippen LogP contribution in [0.25, 0.3) is 20.4 Å². The summed E-state index contributed by atoms with van der Waals surface area (Å²) in [6, 6.07) is 7.78. The molecule has 5 heteroatoms. The van der Waals surface area contributed by atoms with Crippen LogP contribution in [0.15, 0.2) is 28.7 Å². The van der Waals surface area contributed by atoms with Crippen LogP contribution in [0.5, 0.6) is 0 Å². The lowest BCUT2D eigenvalue weighted by Gasteiger charge is -1.90. The van der Waals surface area contributed by atoms with E-state index in [1.165, 1.54) is 11.3 Å². The summed E-state index contributed by atoms with van der Waals surface area (Å²) in [5.41, 5.74) is 12.0. The van der Waals surface area contributed by atoms with Crippen molar-refractivity contribution in [3.63, 3.8) is 0 Å². The standard InChI is InChI=1S/C11H8N2O2S/c12-7-9(11(13)14)15-8-5-3-1-2-4-6(5)16-10(7)8/h1-4H,12H2,(H2,13,14). The average molecular weight is 232 g/mol. The third kappa shape index (κ3) is 1.06. The van der Waals surface area contributed by atoms with Gasteiger partial charge in [0.05, 0.1) is 4.70 Å². The zero-order valence-electron chi connectivity index (χ0n) is 8.19. The van der Waals surface area contributed by atoms with E-state index in [1.807, 2.05) is 24.3 Å². The smallest absolute Gasteiger partial charge is 0.286 e. The Bertz CT molecular complexity index is 711. The fraction of sp³-hybridized carbons (Fsp3) is 0. The second kappa shape index (κ2) is 2.99. The quantitative estimate of drug-likeness (QED) is 0.675. The summed E-state index contributed by atoms with van der Waals surface area (Å²) in [5.74, 6) is -0.586. The van der Waals surface area contributed by atoms with Gasteiger partial charge in [0.25, 0.3) is 5.91 Å². The SMILES string of the molecule is NC(=O)c1oc2c(sc3ccccc32)c1N. The van der Waals surface area contributed by atoms with Crippen LogP contribution in [0.3, 0.4) is 0 Å². The van der Waals surface area contributed by atoms with Crippen molar-refractivity contribution in [2.24, 2.45) is 5.73 Å². The van der Waals surface area contributed by atoms with E-state index in [2.05, 4.69) is 0 Å². The van der Waals surface area contributed by atoms with Crippen molar-refractivity contribution in [2.75, 3.05) is 5.73 Å². The van der Waals surface area contributed by atoms with Gasteiger partial charge in [-0.15, -0.1) is 11.3 Å². The Labute approximate surface area is 94.4 Å². The van der Waals surface area contributed by atoms with E-state index in [1.54, 1.807) is 0 Å². The molecular formula is C11H8N2O2S. The summed E-state index contributed by atoms with van der Waals surface area (Å²) in [7, 11) is 0. The minimum atomic E-state index is -0.634. The van der Waals surface area contributed by atoms with Crippen LogP contribution in [0.4, 0.5) is 5.69 Å². The second-order valence-electron chi connectivity index (χ2n) is 3.47. The van der Waals surface area contributed by atoms with Crippen molar-refractivity contribution in [1.82, 2.24) is 0 Å². The van der Waals surface area contributed by atoms with Gasteiger partial charge in [-0.3, -0.25) is 4.79 Å². The molecule has 0 radical (unpaired) electrons. The number of rotatable bonds is 1. The first kappa shape index (κ1) is 9.23. The zero-order chi connectivity index (χ0) is 11.3. The lowest BCUT2D eigenvalue weighted by Crippen LogP contribution is -2.11. The summed E-state index contributed by atoms with van der Waals surface area (Å²) in [5, 5.41) is 0.960. The molecule has 1 amide bonds. The first-order valence-electron chi connectivity index (χ1n) is 4.68. The van der Waals surface area contributed by atoms with E-state index in [-0.39, 0.29) is 5.76 Å². The number of carbonyl (C=O) groups excluding carboxylic acids is 1. The van der Waals surface area contributed by atoms with Gasteiger partial charge in [-0.1, -0.05) is 12.1 Å². The normalized spacial score (nSPS) is 11.2. The van der Waals surface area contributed by atoms with Gasteiger partial charge in [0.1, 0.15) is 5.69 Å². The van der Waals surface area contributed by atoms with Crippen LogP contribution >= 0.6 is 11.3 Å². The molecule has 1 aromatic carbocycles. The highest BCUT2D eigenvalue weighted by Crippen LogP contribution is 2.40. The predicted molar refractivity (Wildman–Crippen MR) is 64.5 cm³/mol. The number of fused-ring (bicyclic) bond motifs is 3. The molecule has 4 N–H and O–H groups in total. The Morgan fingerprint density at radius 2 is 2.06 bits per heavy atom.